The molecule has 2 atom stereocenters. The van der Waals surface area contributed by atoms with Gasteiger partial charge in [-0.25, -0.2) is 4.99 Å². The van der Waals surface area contributed by atoms with Gasteiger partial charge in [0.15, 0.2) is 5.96 Å². The molecule has 28 heavy (non-hydrogen) atoms. The van der Waals surface area contributed by atoms with Crippen LogP contribution in [-0.4, -0.2) is 38.9 Å². The van der Waals surface area contributed by atoms with Crippen LogP contribution >= 0.6 is 0 Å². The van der Waals surface area contributed by atoms with E-state index < -0.39 is 0 Å². The molecule has 0 saturated heterocycles. The van der Waals surface area contributed by atoms with Gasteiger partial charge in [0.05, 0.1) is 26.3 Å². The lowest BCUT2D eigenvalue weighted by molar-refractivity contribution is 0.229. The molecule has 0 saturated carbocycles. The highest BCUT2D eigenvalue weighted by Crippen LogP contribution is 2.31. The molecule has 2 N–H and O–H groups in total. The van der Waals surface area contributed by atoms with Gasteiger partial charge in [-0.05, 0) is 32.0 Å². The van der Waals surface area contributed by atoms with Gasteiger partial charge in [-0.15, -0.1) is 0 Å². The highest BCUT2D eigenvalue weighted by Gasteiger charge is 2.21. The molecule has 1 aliphatic heterocycles. The first-order valence-electron chi connectivity index (χ1n) is 9.77. The van der Waals surface area contributed by atoms with Crippen LogP contribution in [0.1, 0.15) is 31.9 Å². The smallest absolute Gasteiger partial charge is 0.191 e. The Bertz CT molecular complexity index is 794. The maximum absolute atomic E-state index is 5.97. The molecule has 2 aromatic rings. The van der Waals surface area contributed by atoms with Crippen LogP contribution < -0.4 is 24.8 Å². The van der Waals surface area contributed by atoms with Gasteiger partial charge in [-0.3, -0.25) is 0 Å². The second kappa shape index (κ2) is 9.88. The standard InChI is InChI=1S/C22H29N3O3/c1-4-23-22(25-20-12-13-27-21-11-6-5-10-19(20)21)24-15-16(2)28-18-9-7-8-17(14-18)26-3/h5-11,14,16,20H,4,12-13,15H2,1-3H3,(H2,23,24,25). The molecule has 2 aromatic carbocycles. The number of methoxy groups -OCH3 is 1. The topological polar surface area (TPSA) is 64.1 Å². The van der Waals surface area contributed by atoms with E-state index in [0.717, 1.165) is 36.2 Å². The Morgan fingerprint density at radius 3 is 2.86 bits per heavy atom. The number of rotatable bonds is 7. The van der Waals surface area contributed by atoms with E-state index in [2.05, 4.69) is 23.6 Å². The predicted molar refractivity (Wildman–Crippen MR) is 111 cm³/mol. The summed E-state index contributed by atoms with van der Waals surface area (Å²) in [7, 11) is 1.65. The molecule has 0 aromatic heterocycles. The maximum Gasteiger partial charge on any atom is 0.191 e. The van der Waals surface area contributed by atoms with E-state index in [-0.39, 0.29) is 12.1 Å². The van der Waals surface area contributed by atoms with E-state index in [1.54, 1.807) is 7.11 Å². The zero-order valence-electron chi connectivity index (χ0n) is 16.8. The average Bonchev–Trinajstić information content (AvgIpc) is 2.72. The van der Waals surface area contributed by atoms with Crippen molar-refractivity contribution in [1.82, 2.24) is 10.6 Å². The van der Waals surface area contributed by atoms with Gasteiger partial charge in [0.25, 0.3) is 0 Å². The molecule has 150 valence electrons. The molecule has 6 heteroatoms. The van der Waals surface area contributed by atoms with E-state index in [4.69, 9.17) is 19.2 Å². The van der Waals surface area contributed by atoms with Crippen LogP contribution in [0.3, 0.4) is 0 Å². The molecule has 0 amide bonds. The highest BCUT2D eigenvalue weighted by molar-refractivity contribution is 5.80. The van der Waals surface area contributed by atoms with Gasteiger partial charge < -0.3 is 24.8 Å². The molecule has 1 aliphatic rings. The maximum atomic E-state index is 5.97. The first-order chi connectivity index (χ1) is 13.7. The van der Waals surface area contributed by atoms with Gasteiger partial charge in [0.2, 0.25) is 0 Å². The zero-order valence-corrected chi connectivity index (χ0v) is 16.8. The van der Waals surface area contributed by atoms with Crippen LogP contribution in [-0.2, 0) is 0 Å². The minimum Gasteiger partial charge on any atom is -0.497 e. The summed E-state index contributed by atoms with van der Waals surface area (Å²) in [6, 6.07) is 15.9. The minimum absolute atomic E-state index is 0.0652. The van der Waals surface area contributed by atoms with Crippen molar-refractivity contribution in [2.45, 2.75) is 32.4 Å². The molecule has 0 bridgehead atoms. The number of benzene rings is 2. The predicted octanol–water partition coefficient (Wildman–Crippen LogP) is 3.54. The average molecular weight is 383 g/mol. The van der Waals surface area contributed by atoms with Crippen molar-refractivity contribution in [3.63, 3.8) is 0 Å². The van der Waals surface area contributed by atoms with Crippen molar-refractivity contribution in [2.24, 2.45) is 4.99 Å². The van der Waals surface area contributed by atoms with Crippen molar-refractivity contribution in [3.05, 3.63) is 54.1 Å². The number of guanidine groups is 1. The SMILES string of the molecule is CCNC(=NCC(C)Oc1cccc(OC)c1)NC1CCOc2ccccc21. The molecular formula is C22H29N3O3. The van der Waals surface area contributed by atoms with Crippen LogP contribution in [0, 0.1) is 0 Å². The summed E-state index contributed by atoms with van der Waals surface area (Å²) in [5, 5.41) is 6.85. The monoisotopic (exact) mass is 383 g/mol. The number of hydrogen-bond donors (Lipinski definition) is 2. The molecule has 2 unspecified atom stereocenters. The Morgan fingerprint density at radius 1 is 1.21 bits per heavy atom. The van der Waals surface area contributed by atoms with Gasteiger partial charge in [-0.2, -0.15) is 0 Å². The number of nitrogens with zero attached hydrogens (tertiary/aromatic N) is 1. The number of hydrogen-bond acceptors (Lipinski definition) is 4. The normalized spacial score (nSPS) is 17.1. The molecule has 0 aliphatic carbocycles. The number of aliphatic imine (C=N–C) groups is 1. The van der Waals surface area contributed by atoms with Crippen LogP contribution in [0.15, 0.2) is 53.5 Å². The third-order valence-electron chi connectivity index (χ3n) is 4.50. The Balaban J connectivity index is 1.62. The number of para-hydroxylation sites is 1. The summed E-state index contributed by atoms with van der Waals surface area (Å²) >= 11 is 0. The fourth-order valence-corrected chi connectivity index (χ4v) is 3.14. The van der Waals surface area contributed by atoms with E-state index in [0.29, 0.717) is 13.2 Å². The summed E-state index contributed by atoms with van der Waals surface area (Å²) in [5.74, 6) is 3.28. The second-order valence-electron chi connectivity index (χ2n) is 6.70. The van der Waals surface area contributed by atoms with E-state index >= 15 is 0 Å². The fraction of sp³-hybridized carbons (Fsp3) is 0.409. The van der Waals surface area contributed by atoms with Crippen molar-refractivity contribution < 1.29 is 14.2 Å². The third kappa shape index (κ3) is 5.31. The van der Waals surface area contributed by atoms with Gasteiger partial charge in [0.1, 0.15) is 23.4 Å². The van der Waals surface area contributed by atoms with Crippen LogP contribution in [0.5, 0.6) is 17.2 Å². The summed E-state index contributed by atoms with van der Waals surface area (Å²) in [6.45, 7) is 6.10. The Morgan fingerprint density at radius 2 is 2.04 bits per heavy atom. The summed E-state index contributed by atoms with van der Waals surface area (Å²) < 4.78 is 17.0. The molecule has 1 heterocycles. The second-order valence-corrected chi connectivity index (χ2v) is 6.70. The van der Waals surface area contributed by atoms with Crippen LogP contribution in [0.4, 0.5) is 0 Å². The number of fused-ring (bicyclic) bond motifs is 1. The largest absolute Gasteiger partial charge is 0.497 e. The lowest BCUT2D eigenvalue weighted by atomic mass is 10.0. The van der Waals surface area contributed by atoms with Gasteiger partial charge >= 0.3 is 0 Å². The van der Waals surface area contributed by atoms with E-state index in [1.807, 2.05) is 49.4 Å². The lowest BCUT2D eigenvalue weighted by Crippen LogP contribution is -2.41. The third-order valence-corrected chi connectivity index (χ3v) is 4.50. The number of ether oxygens (including phenoxy) is 3. The van der Waals surface area contributed by atoms with E-state index in [1.165, 1.54) is 5.56 Å². The Hall–Kier alpha value is -2.89. The molecule has 0 fully saturated rings. The van der Waals surface area contributed by atoms with Gasteiger partial charge in [-0.1, -0.05) is 24.3 Å². The van der Waals surface area contributed by atoms with Crippen LogP contribution in [0.25, 0.3) is 0 Å². The first kappa shape index (κ1) is 19.9. The molecule has 0 radical (unpaired) electrons. The lowest BCUT2D eigenvalue weighted by Gasteiger charge is -2.28. The van der Waals surface area contributed by atoms with Crippen molar-refractivity contribution in [2.75, 3.05) is 26.8 Å². The fourth-order valence-electron chi connectivity index (χ4n) is 3.14. The molecule has 0 spiro atoms. The summed E-state index contributed by atoms with van der Waals surface area (Å²) in [6.07, 6.45) is 0.835. The first-order valence-corrected chi connectivity index (χ1v) is 9.77. The summed E-state index contributed by atoms with van der Waals surface area (Å²) in [4.78, 5) is 4.72. The quantitative estimate of drug-likeness (QED) is 0.566. The van der Waals surface area contributed by atoms with Crippen molar-refractivity contribution >= 4 is 5.96 Å². The molecule has 6 nitrogen and oxygen atoms in total. The summed E-state index contributed by atoms with van der Waals surface area (Å²) in [5.41, 5.74) is 1.17. The van der Waals surface area contributed by atoms with Gasteiger partial charge in [0, 0.05) is 24.6 Å². The molecule has 3 rings (SSSR count). The van der Waals surface area contributed by atoms with E-state index in [9.17, 15) is 0 Å². The highest BCUT2D eigenvalue weighted by atomic mass is 16.5. The zero-order chi connectivity index (χ0) is 19.8. The van der Waals surface area contributed by atoms with Crippen LogP contribution in [0.2, 0.25) is 0 Å². The van der Waals surface area contributed by atoms with Crippen molar-refractivity contribution in [1.29, 1.82) is 0 Å². The molecular weight excluding hydrogens is 354 g/mol. The Labute approximate surface area is 166 Å². The van der Waals surface area contributed by atoms with Crippen molar-refractivity contribution in [3.8, 4) is 17.2 Å². The number of nitrogens with one attached hydrogen (secondary N) is 2. The minimum atomic E-state index is -0.0652. The Kier molecular flexibility index (Phi) is 7.00.